The van der Waals surface area contributed by atoms with E-state index in [2.05, 4.69) is 5.48 Å². The Hall–Kier alpha value is -1.59. The molecule has 1 aromatic carbocycles. The number of hydroxylamine groups is 1. The number of hydrogen-bond donors (Lipinski definition) is 1. The summed E-state index contributed by atoms with van der Waals surface area (Å²) in [6, 6.07) is 7.41. The van der Waals surface area contributed by atoms with E-state index < -0.39 is 0 Å². The summed E-state index contributed by atoms with van der Waals surface area (Å²) in [4.78, 5) is 16.4. The Morgan fingerprint density at radius 1 is 1.22 bits per heavy atom. The SMILES string of the molecule is CCOc1ccc(CC(=O)NOCCOC)cc1. The van der Waals surface area contributed by atoms with Crippen LogP contribution in [0.25, 0.3) is 0 Å². The van der Waals surface area contributed by atoms with Crippen molar-refractivity contribution in [3.63, 3.8) is 0 Å². The van der Waals surface area contributed by atoms with Crippen LogP contribution < -0.4 is 10.2 Å². The lowest BCUT2D eigenvalue weighted by atomic mass is 10.1. The zero-order valence-electron chi connectivity index (χ0n) is 10.8. The van der Waals surface area contributed by atoms with Crippen LogP contribution in [0, 0.1) is 0 Å². The van der Waals surface area contributed by atoms with Crippen molar-refractivity contribution in [3.8, 4) is 5.75 Å². The number of benzene rings is 1. The predicted molar refractivity (Wildman–Crippen MR) is 67.3 cm³/mol. The van der Waals surface area contributed by atoms with Gasteiger partial charge in [0, 0.05) is 7.11 Å². The van der Waals surface area contributed by atoms with Crippen molar-refractivity contribution in [2.24, 2.45) is 0 Å². The molecule has 0 aliphatic rings. The highest BCUT2D eigenvalue weighted by Gasteiger charge is 2.03. The molecule has 0 spiro atoms. The maximum atomic E-state index is 11.5. The third-order valence-corrected chi connectivity index (χ3v) is 2.17. The van der Waals surface area contributed by atoms with Crippen molar-refractivity contribution in [2.75, 3.05) is 26.9 Å². The fourth-order valence-electron chi connectivity index (χ4n) is 1.35. The van der Waals surface area contributed by atoms with Gasteiger partial charge in [0.05, 0.1) is 26.2 Å². The standard InChI is InChI=1S/C13H19NO4/c1-3-17-12-6-4-11(5-7-12)10-13(15)14-18-9-8-16-2/h4-7H,3,8-10H2,1-2H3,(H,14,15). The number of methoxy groups -OCH3 is 1. The van der Waals surface area contributed by atoms with Crippen molar-refractivity contribution in [3.05, 3.63) is 29.8 Å². The van der Waals surface area contributed by atoms with Gasteiger partial charge in [0.1, 0.15) is 5.75 Å². The van der Waals surface area contributed by atoms with Gasteiger partial charge >= 0.3 is 0 Å². The van der Waals surface area contributed by atoms with Crippen LogP contribution in [-0.4, -0.2) is 32.8 Å². The molecule has 0 fully saturated rings. The lowest BCUT2D eigenvalue weighted by Crippen LogP contribution is -2.26. The number of amides is 1. The van der Waals surface area contributed by atoms with Gasteiger partial charge in [-0.15, -0.1) is 0 Å². The van der Waals surface area contributed by atoms with Crippen molar-refractivity contribution in [1.29, 1.82) is 0 Å². The van der Waals surface area contributed by atoms with Gasteiger partial charge in [0.2, 0.25) is 5.91 Å². The van der Waals surface area contributed by atoms with Gasteiger partial charge < -0.3 is 9.47 Å². The topological polar surface area (TPSA) is 56.8 Å². The summed E-state index contributed by atoms with van der Waals surface area (Å²) in [5, 5.41) is 0. The number of carbonyl (C=O) groups is 1. The van der Waals surface area contributed by atoms with Crippen LogP contribution in [0.4, 0.5) is 0 Å². The molecule has 18 heavy (non-hydrogen) atoms. The average molecular weight is 253 g/mol. The first-order valence-corrected chi connectivity index (χ1v) is 5.87. The Labute approximate surface area is 107 Å². The summed E-state index contributed by atoms with van der Waals surface area (Å²) < 4.78 is 10.1. The van der Waals surface area contributed by atoms with Crippen LogP contribution in [0.1, 0.15) is 12.5 Å². The molecule has 0 saturated heterocycles. The number of carbonyl (C=O) groups excluding carboxylic acids is 1. The first-order valence-electron chi connectivity index (χ1n) is 5.87. The molecule has 0 atom stereocenters. The van der Waals surface area contributed by atoms with Gasteiger partial charge in [0.15, 0.2) is 0 Å². The molecule has 5 heteroatoms. The maximum absolute atomic E-state index is 11.5. The minimum Gasteiger partial charge on any atom is -0.494 e. The predicted octanol–water partition coefficient (Wildman–Crippen LogP) is 1.32. The Kier molecular flexibility index (Phi) is 6.83. The molecule has 0 aliphatic carbocycles. The zero-order valence-corrected chi connectivity index (χ0v) is 10.8. The summed E-state index contributed by atoms with van der Waals surface area (Å²) in [7, 11) is 1.57. The molecule has 0 radical (unpaired) electrons. The van der Waals surface area contributed by atoms with Gasteiger partial charge in [-0.25, -0.2) is 5.48 Å². The van der Waals surface area contributed by atoms with Crippen molar-refractivity contribution in [2.45, 2.75) is 13.3 Å². The van der Waals surface area contributed by atoms with Crippen LogP contribution in [0.3, 0.4) is 0 Å². The first-order chi connectivity index (χ1) is 8.76. The van der Waals surface area contributed by atoms with E-state index in [0.717, 1.165) is 11.3 Å². The second-order valence-electron chi connectivity index (χ2n) is 3.62. The number of hydrogen-bond acceptors (Lipinski definition) is 4. The van der Waals surface area contributed by atoms with E-state index in [4.69, 9.17) is 14.3 Å². The van der Waals surface area contributed by atoms with E-state index in [-0.39, 0.29) is 12.3 Å². The molecule has 0 aliphatic heterocycles. The molecular weight excluding hydrogens is 234 g/mol. The molecule has 0 saturated carbocycles. The van der Waals surface area contributed by atoms with Crippen molar-refractivity contribution < 1.29 is 19.1 Å². The van der Waals surface area contributed by atoms with E-state index in [1.807, 2.05) is 31.2 Å². The lowest BCUT2D eigenvalue weighted by Gasteiger charge is -2.06. The van der Waals surface area contributed by atoms with Gasteiger partial charge in [0.25, 0.3) is 0 Å². The molecule has 1 aromatic rings. The summed E-state index contributed by atoms with van der Waals surface area (Å²) in [6.45, 7) is 3.35. The zero-order chi connectivity index (χ0) is 13.2. The smallest absolute Gasteiger partial charge is 0.247 e. The molecule has 0 aromatic heterocycles. The van der Waals surface area contributed by atoms with E-state index in [9.17, 15) is 4.79 Å². The van der Waals surface area contributed by atoms with Crippen LogP contribution >= 0.6 is 0 Å². The highest BCUT2D eigenvalue weighted by atomic mass is 16.7. The normalized spacial score (nSPS) is 10.1. The molecule has 100 valence electrons. The number of nitrogens with one attached hydrogen (secondary N) is 1. The minimum atomic E-state index is -0.185. The molecule has 0 heterocycles. The minimum absolute atomic E-state index is 0.185. The van der Waals surface area contributed by atoms with Gasteiger partial charge in [-0.05, 0) is 24.6 Å². The molecule has 1 amide bonds. The summed E-state index contributed by atoms with van der Waals surface area (Å²) in [6.07, 6.45) is 0.277. The second kappa shape index (κ2) is 8.49. The third-order valence-electron chi connectivity index (χ3n) is 2.17. The van der Waals surface area contributed by atoms with Crippen LogP contribution in [0.15, 0.2) is 24.3 Å². The fraction of sp³-hybridized carbons (Fsp3) is 0.462. The van der Waals surface area contributed by atoms with E-state index in [0.29, 0.717) is 19.8 Å². The van der Waals surface area contributed by atoms with Gasteiger partial charge in [-0.2, -0.15) is 0 Å². The summed E-state index contributed by atoms with van der Waals surface area (Å²) >= 11 is 0. The Morgan fingerprint density at radius 3 is 2.56 bits per heavy atom. The first kappa shape index (κ1) is 14.5. The van der Waals surface area contributed by atoms with Crippen LogP contribution in [0.5, 0.6) is 5.75 Å². The molecule has 1 rings (SSSR count). The van der Waals surface area contributed by atoms with Crippen molar-refractivity contribution >= 4 is 5.91 Å². The Bertz CT molecular complexity index is 351. The summed E-state index contributed by atoms with van der Waals surface area (Å²) in [5.41, 5.74) is 3.26. The third kappa shape index (κ3) is 5.65. The fourth-order valence-corrected chi connectivity index (χ4v) is 1.35. The maximum Gasteiger partial charge on any atom is 0.247 e. The number of rotatable bonds is 8. The van der Waals surface area contributed by atoms with Gasteiger partial charge in [-0.1, -0.05) is 12.1 Å². The molecule has 0 unspecified atom stereocenters. The van der Waals surface area contributed by atoms with E-state index >= 15 is 0 Å². The van der Waals surface area contributed by atoms with E-state index in [1.165, 1.54) is 0 Å². The molecular formula is C13H19NO4. The number of ether oxygens (including phenoxy) is 2. The summed E-state index contributed by atoms with van der Waals surface area (Å²) in [5.74, 6) is 0.619. The highest BCUT2D eigenvalue weighted by Crippen LogP contribution is 2.12. The Balaban J connectivity index is 2.30. The highest BCUT2D eigenvalue weighted by molar-refractivity contribution is 5.77. The Morgan fingerprint density at radius 2 is 1.94 bits per heavy atom. The molecule has 1 N–H and O–H groups in total. The molecule has 5 nitrogen and oxygen atoms in total. The van der Waals surface area contributed by atoms with Crippen LogP contribution in [0.2, 0.25) is 0 Å². The quantitative estimate of drug-likeness (QED) is 0.561. The van der Waals surface area contributed by atoms with Gasteiger partial charge in [-0.3, -0.25) is 9.63 Å². The van der Waals surface area contributed by atoms with Crippen LogP contribution in [-0.2, 0) is 20.8 Å². The average Bonchev–Trinajstić information content (AvgIpc) is 2.37. The second-order valence-corrected chi connectivity index (χ2v) is 3.62. The monoisotopic (exact) mass is 253 g/mol. The van der Waals surface area contributed by atoms with Crippen molar-refractivity contribution in [1.82, 2.24) is 5.48 Å². The largest absolute Gasteiger partial charge is 0.494 e. The van der Waals surface area contributed by atoms with E-state index in [1.54, 1.807) is 7.11 Å². The molecule has 0 bridgehead atoms. The lowest BCUT2D eigenvalue weighted by molar-refractivity contribution is -0.133.